The zero-order valence-electron chi connectivity index (χ0n) is 13.1. The van der Waals surface area contributed by atoms with Crippen molar-refractivity contribution < 1.29 is 9.18 Å². The van der Waals surface area contributed by atoms with E-state index in [1.54, 1.807) is 11.8 Å². The van der Waals surface area contributed by atoms with Crippen LogP contribution in [-0.4, -0.2) is 44.9 Å². The van der Waals surface area contributed by atoms with Gasteiger partial charge in [0.2, 0.25) is 0 Å². The molecule has 6 nitrogen and oxygen atoms in total. The molecule has 9 heteroatoms. The molecule has 1 saturated heterocycles. The number of hydrogen-bond acceptors (Lipinski definition) is 4. The maximum atomic E-state index is 13.3. The minimum atomic E-state index is -0.508. The summed E-state index contributed by atoms with van der Waals surface area (Å²) in [5.74, 6) is -0.691. The average molecular weight is 374 g/mol. The molecule has 2 heterocycles. The van der Waals surface area contributed by atoms with E-state index in [2.05, 4.69) is 10.3 Å². The molecule has 1 atom stereocenters. The van der Waals surface area contributed by atoms with Crippen molar-refractivity contribution in [2.24, 2.45) is 5.73 Å². The van der Waals surface area contributed by atoms with Crippen LogP contribution in [0, 0.1) is 12.7 Å². The summed E-state index contributed by atoms with van der Waals surface area (Å²) in [7, 11) is 0. The topological polar surface area (TPSA) is 77.0 Å². The van der Waals surface area contributed by atoms with Crippen molar-refractivity contribution in [1.82, 2.24) is 19.9 Å². The maximum Gasteiger partial charge on any atom is 0.276 e. The minimum absolute atomic E-state index is 0. The van der Waals surface area contributed by atoms with Gasteiger partial charge >= 0.3 is 0 Å². The number of rotatable bonds is 2. The lowest BCUT2D eigenvalue weighted by atomic mass is 10.1. The fraction of sp³-hybridized carbons (Fsp3) is 0.400. The first-order chi connectivity index (χ1) is 11.0. The highest BCUT2D eigenvalue weighted by Gasteiger charge is 2.26. The van der Waals surface area contributed by atoms with E-state index in [0.717, 1.165) is 12.8 Å². The van der Waals surface area contributed by atoms with E-state index in [1.165, 1.54) is 22.9 Å². The van der Waals surface area contributed by atoms with Crippen LogP contribution in [0.2, 0.25) is 5.02 Å². The summed E-state index contributed by atoms with van der Waals surface area (Å²) in [4.78, 5) is 14.3. The molecule has 0 saturated carbocycles. The van der Waals surface area contributed by atoms with E-state index in [0.29, 0.717) is 24.5 Å². The zero-order chi connectivity index (χ0) is 16.6. The Hall–Kier alpha value is -1.70. The predicted octanol–water partition coefficient (Wildman–Crippen LogP) is 2.35. The molecular weight excluding hydrogens is 356 g/mol. The third kappa shape index (κ3) is 3.53. The third-order valence-corrected chi connectivity index (χ3v) is 4.28. The minimum Gasteiger partial charge on any atom is -0.336 e. The molecule has 0 aliphatic carbocycles. The maximum absolute atomic E-state index is 13.3. The number of benzene rings is 1. The SMILES string of the molecule is Cc1c(C(=O)N2CCCC(N)C2)nnn1-c1ccc(F)c(Cl)c1.Cl. The highest BCUT2D eigenvalue weighted by molar-refractivity contribution is 6.30. The molecule has 24 heavy (non-hydrogen) atoms. The Morgan fingerprint density at radius 1 is 1.46 bits per heavy atom. The lowest BCUT2D eigenvalue weighted by Gasteiger charge is -2.30. The lowest BCUT2D eigenvalue weighted by molar-refractivity contribution is 0.0702. The molecule has 0 bridgehead atoms. The number of likely N-dealkylation sites (tertiary alicyclic amines) is 1. The first kappa shape index (κ1) is 18.6. The average Bonchev–Trinajstić information content (AvgIpc) is 2.91. The van der Waals surface area contributed by atoms with Gasteiger partial charge in [-0.1, -0.05) is 16.8 Å². The molecule has 130 valence electrons. The normalized spacial score (nSPS) is 17.5. The van der Waals surface area contributed by atoms with Crippen LogP contribution in [0.25, 0.3) is 5.69 Å². The molecular formula is C15H18Cl2FN5O. The lowest BCUT2D eigenvalue weighted by Crippen LogP contribution is -2.46. The van der Waals surface area contributed by atoms with E-state index in [-0.39, 0.29) is 35.1 Å². The number of carbonyl (C=O) groups is 1. The first-order valence-corrected chi connectivity index (χ1v) is 7.77. The van der Waals surface area contributed by atoms with Crippen LogP contribution in [0.5, 0.6) is 0 Å². The molecule has 2 N–H and O–H groups in total. The second kappa shape index (κ2) is 7.46. The monoisotopic (exact) mass is 373 g/mol. The molecule has 1 aromatic carbocycles. The van der Waals surface area contributed by atoms with E-state index in [9.17, 15) is 9.18 Å². The van der Waals surface area contributed by atoms with Gasteiger partial charge in [-0.3, -0.25) is 4.79 Å². The number of amides is 1. The van der Waals surface area contributed by atoms with E-state index in [4.69, 9.17) is 17.3 Å². The van der Waals surface area contributed by atoms with Crippen LogP contribution in [-0.2, 0) is 0 Å². The Labute approximate surface area is 150 Å². The van der Waals surface area contributed by atoms with Crippen molar-refractivity contribution in [1.29, 1.82) is 0 Å². The van der Waals surface area contributed by atoms with Gasteiger partial charge in [-0.15, -0.1) is 17.5 Å². The summed E-state index contributed by atoms with van der Waals surface area (Å²) in [6.07, 6.45) is 1.80. The highest BCUT2D eigenvalue weighted by atomic mass is 35.5. The summed E-state index contributed by atoms with van der Waals surface area (Å²) >= 11 is 5.80. The Morgan fingerprint density at radius 3 is 2.88 bits per heavy atom. The van der Waals surface area contributed by atoms with E-state index in [1.807, 2.05) is 0 Å². The Bertz CT molecular complexity index is 751. The number of nitrogens with two attached hydrogens (primary N) is 1. The van der Waals surface area contributed by atoms with Crippen LogP contribution < -0.4 is 5.73 Å². The number of piperidine rings is 1. The Morgan fingerprint density at radius 2 is 2.21 bits per heavy atom. The molecule has 1 aliphatic rings. The Kier molecular flexibility index (Phi) is 5.79. The second-order valence-corrected chi connectivity index (χ2v) is 6.09. The van der Waals surface area contributed by atoms with Crippen molar-refractivity contribution in [2.75, 3.05) is 13.1 Å². The third-order valence-electron chi connectivity index (χ3n) is 3.99. The molecule has 2 aromatic rings. The van der Waals surface area contributed by atoms with Crippen molar-refractivity contribution >= 4 is 29.9 Å². The number of halogens is 3. The first-order valence-electron chi connectivity index (χ1n) is 7.40. The van der Waals surface area contributed by atoms with Gasteiger partial charge in [0.1, 0.15) is 5.82 Å². The molecule has 1 aliphatic heterocycles. The number of aromatic nitrogens is 3. The molecule has 1 unspecified atom stereocenters. The van der Waals surface area contributed by atoms with Gasteiger partial charge in [0, 0.05) is 19.1 Å². The largest absolute Gasteiger partial charge is 0.336 e. The van der Waals surface area contributed by atoms with Crippen LogP contribution >= 0.6 is 24.0 Å². The smallest absolute Gasteiger partial charge is 0.276 e. The van der Waals surface area contributed by atoms with Crippen molar-refractivity contribution in [3.63, 3.8) is 0 Å². The fourth-order valence-electron chi connectivity index (χ4n) is 2.73. The van der Waals surface area contributed by atoms with Gasteiger partial charge in [0.05, 0.1) is 16.4 Å². The molecule has 1 fully saturated rings. The quantitative estimate of drug-likeness (QED) is 0.876. The summed E-state index contributed by atoms with van der Waals surface area (Å²) in [5, 5.41) is 7.98. The Balaban J connectivity index is 0.00000208. The fourth-order valence-corrected chi connectivity index (χ4v) is 2.91. The van der Waals surface area contributed by atoms with E-state index >= 15 is 0 Å². The van der Waals surface area contributed by atoms with Gasteiger partial charge in [-0.25, -0.2) is 9.07 Å². The van der Waals surface area contributed by atoms with Crippen molar-refractivity contribution in [2.45, 2.75) is 25.8 Å². The number of carbonyl (C=O) groups excluding carboxylic acids is 1. The van der Waals surface area contributed by atoms with Crippen molar-refractivity contribution in [3.05, 3.63) is 40.4 Å². The van der Waals surface area contributed by atoms with Gasteiger partial charge in [0.15, 0.2) is 5.69 Å². The van der Waals surface area contributed by atoms with Crippen LogP contribution in [0.4, 0.5) is 4.39 Å². The van der Waals surface area contributed by atoms with Gasteiger partial charge < -0.3 is 10.6 Å². The summed E-state index contributed by atoms with van der Waals surface area (Å²) in [6.45, 7) is 2.93. The van der Waals surface area contributed by atoms with Crippen molar-refractivity contribution in [3.8, 4) is 5.69 Å². The summed E-state index contributed by atoms with van der Waals surface area (Å²) in [5.41, 5.74) is 7.33. The van der Waals surface area contributed by atoms with E-state index < -0.39 is 5.82 Å². The summed E-state index contributed by atoms with van der Waals surface area (Å²) < 4.78 is 14.8. The molecule has 1 amide bonds. The number of hydrogen-bond donors (Lipinski definition) is 1. The van der Waals surface area contributed by atoms with Crippen LogP contribution in [0.15, 0.2) is 18.2 Å². The predicted molar refractivity (Wildman–Crippen MR) is 91.4 cm³/mol. The molecule has 0 spiro atoms. The van der Waals surface area contributed by atoms with Gasteiger partial charge in [-0.2, -0.15) is 0 Å². The molecule has 1 aromatic heterocycles. The molecule has 3 rings (SSSR count). The second-order valence-electron chi connectivity index (χ2n) is 5.69. The standard InChI is InChI=1S/C15H17ClFN5O.ClH/c1-9-14(15(23)21-6-2-3-10(18)8-21)19-20-22(9)11-4-5-13(17)12(16)7-11;/h4-5,7,10H,2-3,6,8,18H2,1H3;1H. The van der Waals surface area contributed by atoms with Gasteiger partial charge in [-0.05, 0) is 38.0 Å². The highest BCUT2D eigenvalue weighted by Crippen LogP contribution is 2.21. The number of nitrogens with zero attached hydrogens (tertiary/aromatic N) is 4. The molecule has 0 radical (unpaired) electrons. The summed E-state index contributed by atoms with van der Waals surface area (Å²) in [6, 6.07) is 4.24. The van der Waals surface area contributed by atoms with Crippen LogP contribution in [0.3, 0.4) is 0 Å². The van der Waals surface area contributed by atoms with Gasteiger partial charge in [0.25, 0.3) is 5.91 Å². The van der Waals surface area contributed by atoms with Crippen LogP contribution in [0.1, 0.15) is 29.0 Å². The zero-order valence-corrected chi connectivity index (χ0v) is 14.6.